The Morgan fingerprint density at radius 3 is 2.48 bits per heavy atom. The fourth-order valence-electron chi connectivity index (χ4n) is 5.91. The lowest BCUT2D eigenvalue weighted by Gasteiger charge is -2.40. The number of alkyl halides is 1. The molecule has 0 aromatic heterocycles. The van der Waals surface area contributed by atoms with Gasteiger partial charge in [0.1, 0.15) is 25.0 Å². The van der Waals surface area contributed by atoms with Gasteiger partial charge in [0, 0.05) is 19.5 Å². The molecule has 1 saturated heterocycles. The molecule has 2 fully saturated rings. The first-order chi connectivity index (χ1) is 20.3. The molecule has 1 saturated carbocycles. The lowest BCUT2D eigenvalue weighted by Crippen LogP contribution is -2.62. The lowest BCUT2D eigenvalue weighted by molar-refractivity contribution is -0.146. The predicted octanol–water partition coefficient (Wildman–Crippen LogP) is 2.92. The standard InChI is InChI=1S/C30H45FN6O5/c31-17-16-30(21-38,15-9-18-34-28(32)33)36-26(39)24-14-7-8-19-37(24)27(40)25(23-12-5-2-6-13-23)35-29(41)42-20-22-10-3-1-4-11-22/h1,3-4,10-11,21,23-25H,2,5-9,12-20H2,(H,35,41)(H,36,39)(H4,32,33,34)/t24-,25-,30+/m0/s1. The van der Waals surface area contributed by atoms with Crippen LogP contribution >= 0.6 is 0 Å². The second-order valence-corrected chi connectivity index (χ2v) is 11.3. The smallest absolute Gasteiger partial charge is 0.408 e. The Kier molecular flexibility index (Phi) is 13.0. The summed E-state index contributed by atoms with van der Waals surface area (Å²) in [5.74, 6) is -1.17. The summed E-state index contributed by atoms with van der Waals surface area (Å²) >= 11 is 0. The summed E-state index contributed by atoms with van der Waals surface area (Å²) in [6.07, 6.45) is 6.49. The Hall–Kier alpha value is -3.70. The number of rotatable bonds is 14. The van der Waals surface area contributed by atoms with E-state index in [1.165, 1.54) is 4.90 Å². The fraction of sp³-hybridized carbons (Fsp3) is 0.633. The van der Waals surface area contributed by atoms with Crippen LogP contribution in [0.3, 0.4) is 0 Å². The van der Waals surface area contributed by atoms with Gasteiger partial charge in [-0.1, -0.05) is 49.6 Å². The van der Waals surface area contributed by atoms with Crippen LogP contribution in [-0.4, -0.2) is 72.4 Å². The highest BCUT2D eigenvalue weighted by molar-refractivity contribution is 5.93. The Labute approximate surface area is 247 Å². The van der Waals surface area contributed by atoms with Crippen LogP contribution in [0.15, 0.2) is 30.3 Å². The van der Waals surface area contributed by atoms with Gasteiger partial charge >= 0.3 is 6.09 Å². The Bertz CT molecular complexity index is 1050. The zero-order valence-corrected chi connectivity index (χ0v) is 24.2. The van der Waals surface area contributed by atoms with Crippen LogP contribution in [0, 0.1) is 11.3 Å². The molecule has 1 aromatic carbocycles. The first kappa shape index (κ1) is 32.8. The van der Waals surface area contributed by atoms with E-state index < -0.39 is 36.3 Å². The van der Waals surface area contributed by atoms with Gasteiger partial charge in [-0.05, 0) is 56.4 Å². The number of piperidine rings is 1. The summed E-state index contributed by atoms with van der Waals surface area (Å²) in [6, 6.07) is 7.56. The van der Waals surface area contributed by atoms with Gasteiger partial charge < -0.3 is 36.1 Å². The number of alkyl carbamates (subject to hydrolysis) is 1. The van der Waals surface area contributed by atoms with Crippen molar-refractivity contribution in [1.82, 2.24) is 20.9 Å². The van der Waals surface area contributed by atoms with E-state index in [4.69, 9.17) is 15.9 Å². The number of aldehydes is 1. The minimum Gasteiger partial charge on any atom is -0.445 e. The van der Waals surface area contributed by atoms with Crippen LogP contribution in [-0.2, 0) is 25.7 Å². The number of benzene rings is 1. The number of carbonyl (C=O) groups excluding carboxylic acids is 4. The van der Waals surface area contributed by atoms with Crippen molar-refractivity contribution < 1.29 is 28.3 Å². The van der Waals surface area contributed by atoms with E-state index in [2.05, 4.69) is 16.0 Å². The van der Waals surface area contributed by atoms with Gasteiger partial charge in [0.2, 0.25) is 11.8 Å². The van der Waals surface area contributed by atoms with Gasteiger partial charge in [-0.25, -0.2) is 4.79 Å². The molecule has 0 bridgehead atoms. The average Bonchev–Trinajstić information content (AvgIpc) is 3.01. The maximum absolute atomic E-state index is 14.1. The highest BCUT2D eigenvalue weighted by Crippen LogP contribution is 2.29. The van der Waals surface area contributed by atoms with Crippen LogP contribution < -0.4 is 21.7 Å². The molecule has 1 heterocycles. The van der Waals surface area contributed by atoms with Crippen molar-refractivity contribution in [2.45, 2.75) is 94.9 Å². The van der Waals surface area contributed by atoms with Crippen LogP contribution in [0.25, 0.3) is 0 Å². The number of hydrogen-bond acceptors (Lipinski definition) is 6. The van der Waals surface area contributed by atoms with Crippen LogP contribution in [0.2, 0.25) is 0 Å². The molecule has 3 amide bonds. The van der Waals surface area contributed by atoms with E-state index in [-0.39, 0.29) is 43.8 Å². The van der Waals surface area contributed by atoms with Gasteiger partial charge in [-0.3, -0.25) is 19.4 Å². The van der Waals surface area contributed by atoms with Crippen molar-refractivity contribution in [1.29, 1.82) is 5.41 Å². The molecule has 0 radical (unpaired) electrons. The van der Waals surface area contributed by atoms with Crippen molar-refractivity contribution in [2.24, 2.45) is 11.7 Å². The molecular weight excluding hydrogens is 543 g/mol. The molecule has 0 spiro atoms. The van der Waals surface area contributed by atoms with E-state index >= 15 is 0 Å². The summed E-state index contributed by atoms with van der Waals surface area (Å²) < 4.78 is 18.9. The molecule has 42 heavy (non-hydrogen) atoms. The molecule has 3 rings (SSSR count). The van der Waals surface area contributed by atoms with Crippen LogP contribution in [0.5, 0.6) is 0 Å². The Morgan fingerprint density at radius 1 is 1.10 bits per heavy atom. The molecule has 3 atom stereocenters. The van der Waals surface area contributed by atoms with Gasteiger partial charge in [-0.15, -0.1) is 0 Å². The lowest BCUT2D eigenvalue weighted by atomic mass is 9.82. The third kappa shape index (κ3) is 9.70. The monoisotopic (exact) mass is 588 g/mol. The molecule has 0 unspecified atom stereocenters. The summed E-state index contributed by atoms with van der Waals surface area (Å²) in [6.45, 7) is -0.126. The van der Waals surface area contributed by atoms with Crippen LogP contribution in [0.4, 0.5) is 9.18 Å². The molecule has 11 nitrogen and oxygen atoms in total. The summed E-state index contributed by atoms with van der Waals surface area (Å²) in [5.41, 5.74) is 4.69. The highest BCUT2D eigenvalue weighted by Gasteiger charge is 2.42. The molecular formula is C30H45FN6O5. The summed E-state index contributed by atoms with van der Waals surface area (Å²) in [7, 11) is 0. The molecule has 1 aliphatic carbocycles. The number of nitrogens with zero attached hydrogens (tertiary/aromatic N) is 1. The van der Waals surface area contributed by atoms with Crippen molar-refractivity contribution >= 4 is 30.2 Å². The number of halogens is 1. The molecule has 1 aromatic rings. The van der Waals surface area contributed by atoms with Crippen LogP contribution in [0.1, 0.15) is 76.2 Å². The fourth-order valence-corrected chi connectivity index (χ4v) is 5.91. The van der Waals surface area contributed by atoms with E-state index in [0.29, 0.717) is 38.5 Å². The second kappa shape index (κ2) is 16.7. The summed E-state index contributed by atoms with van der Waals surface area (Å²) in [4.78, 5) is 54.2. The number of guanidine groups is 1. The quantitative estimate of drug-likeness (QED) is 0.0964. The van der Waals surface area contributed by atoms with E-state index in [9.17, 15) is 23.6 Å². The maximum Gasteiger partial charge on any atom is 0.408 e. The predicted molar refractivity (Wildman–Crippen MR) is 156 cm³/mol. The van der Waals surface area contributed by atoms with E-state index in [0.717, 1.165) is 37.7 Å². The van der Waals surface area contributed by atoms with Crippen molar-refractivity contribution in [2.75, 3.05) is 19.8 Å². The minimum absolute atomic E-state index is 0.0667. The molecule has 12 heteroatoms. The number of likely N-dealkylation sites (tertiary alicyclic amines) is 1. The zero-order valence-electron chi connectivity index (χ0n) is 24.2. The first-order valence-corrected chi connectivity index (χ1v) is 15.0. The number of amides is 3. The Balaban J connectivity index is 1.73. The minimum atomic E-state index is -1.45. The van der Waals surface area contributed by atoms with Gasteiger partial charge in [0.25, 0.3) is 0 Å². The van der Waals surface area contributed by atoms with Gasteiger partial charge in [0.05, 0.1) is 12.2 Å². The third-order valence-corrected chi connectivity index (χ3v) is 8.22. The number of nitrogens with one attached hydrogen (secondary N) is 4. The highest BCUT2D eigenvalue weighted by atomic mass is 19.1. The number of carbonyl (C=O) groups is 4. The van der Waals surface area contributed by atoms with E-state index in [1.807, 2.05) is 30.3 Å². The summed E-state index contributed by atoms with van der Waals surface area (Å²) in [5, 5.41) is 15.5. The largest absolute Gasteiger partial charge is 0.445 e. The van der Waals surface area contributed by atoms with Crippen molar-refractivity contribution in [3.05, 3.63) is 35.9 Å². The normalized spacial score (nSPS) is 19.5. The molecule has 2 aliphatic rings. The number of nitrogens with two attached hydrogens (primary N) is 1. The van der Waals surface area contributed by atoms with Crippen molar-refractivity contribution in [3.8, 4) is 0 Å². The van der Waals surface area contributed by atoms with Gasteiger partial charge in [-0.2, -0.15) is 0 Å². The maximum atomic E-state index is 14.1. The molecule has 232 valence electrons. The van der Waals surface area contributed by atoms with E-state index in [1.54, 1.807) is 0 Å². The zero-order chi connectivity index (χ0) is 30.4. The second-order valence-electron chi connectivity index (χ2n) is 11.3. The van der Waals surface area contributed by atoms with Gasteiger partial charge in [0.15, 0.2) is 5.96 Å². The molecule has 6 N–H and O–H groups in total. The molecule has 1 aliphatic heterocycles. The number of hydrogen-bond donors (Lipinski definition) is 5. The topological polar surface area (TPSA) is 167 Å². The van der Waals surface area contributed by atoms with Crippen molar-refractivity contribution in [3.63, 3.8) is 0 Å². The third-order valence-electron chi connectivity index (χ3n) is 8.22. The average molecular weight is 589 g/mol. The SMILES string of the molecule is N=C(N)NCCC[C@](C=O)(CCF)NC(=O)[C@@H]1CCCCN1C(=O)[C@@H](NC(=O)OCc1ccccc1)C1CCCCC1. The Morgan fingerprint density at radius 2 is 1.81 bits per heavy atom. The first-order valence-electron chi connectivity index (χ1n) is 15.0. The number of ether oxygens (including phenoxy) is 1.